The fourth-order valence-electron chi connectivity index (χ4n) is 1.82. The number of rotatable bonds is 8. The third-order valence-corrected chi connectivity index (χ3v) is 3.47. The predicted octanol–water partition coefficient (Wildman–Crippen LogP) is 4.02. The van der Waals surface area contributed by atoms with Crippen LogP contribution in [0, 0.1) is 0 Å². The number of ether oxygens (including phenoxy) is 2. The molecule has 0 unspecified atom stereocenters. The molecule has 0 radical (unpaired) electrons. The molecule has 2 rings (SSSR count). The van der Waals surface area contributed by atoms with Crippen LogP contribution in [0.4, 0.5) is 0 Å². The third-order valence-electron chi connectivity index (χ3n) is 2.94. The zero-order valence-electron chi connectivity index (χ0n) is 12.1. The van der Waals surface area contributed by atoms with E-state index < -0.39 is 0 Å². The molecule has 0 saturated heterocycles. The van der Waals surface area contributed by atoms with Gasteiger partial charge in [0.25, 0.3) is 0 Å². The minimum atomic E-state index is 0.529. The smallest absolute Gasteiger partial charge is 0.122 e. The molecule has 0 bridgehead atoms. The van der Waals surface area contributed by atoms with E-state index in [-0.39, 0.29) is 0 Å². The average molecular weight is 350 g/mol. The molecule has 0 fully saturated rings. The first-order valence-corrected chi connectivity index (χ1v) is 7.88. The molecule has 112 valence electrons. The highest BCUT2D eigenvalue weighted by Crippen LogP contribution is 2.16. The maximum Gasteiger partial charge on any atom is 0.122 e. The molecular weight excluding hydrogens is 330 g/mol. The van der Waals surface area contributed by atoms with E-state index in [1.54, 1.807) is 0 Å². The molecule has 2 aromatic carbocycles. The molecule has 0 amide bonds. The van der Waals surface area contributed by atoms with E-state index in [4.69, 9.17) is 9.47 Å². The highest BCUT2D eigenvalue weighted by Gasteiger charge is 1.97. The molecular formula is C17H20BrNO2. The lowest BCUT2D eigenvalue weighted by Crippen LogP contribution is -2.11. The Kier molecular flexibility index (Phi) is 6.57. The van der Waals surface area contributed by atoms with Gasteiger partial charge in [-0.05, 0) is 48.5 Å². The van der Waals surface area contributed by atoms with E-state index in [0.29, 0.717) is 13.2 Å². The fraction of sp³-hybridized carbons (Fsp3) is 0.294. The largest absolute Gasteiger partial charge is 0.490 e. The van der Waals surface area contributed by atoms with Crippen LogP contribution in [-0.4, -0.2) is 19.8 Å². The van der Waals surface area contributed by atoms with Crippen LogP contribution in [0.15, 0.2) is 53.0 Å². The van der Waals surface area contributed by atoms with Crippen molar-refractivity contribution in [1.29, 1.82) is 0 Å². The van der Waals surface area contributed by atoms with Crippen molar-refractivity contribution in [3.63, 3.8) is 0 Å². The van der Waals surface area contributed by atoms with Crippen LogP contribution in [0.3, 0.4) is 0 Å². The molecule has 0 saturated carbocycles. The zero-order chi connectivity index (χ0) is 14.9. The Labute approximate surface area is 134 Å². The van der Waals surface area contributed by atoms with E-state index in [9.17, 15) is 0 Å². The summed E-state index contributed by atoms with van der Waals surface area (Å²) in [5, 5.41) is 3.29. The molecule has 2 aromatic rings. The van der Waals surface area contributed by atoms with Gasteiger partial charge in [-0.25, -0.2) is 0 Å². The Morgan fingerprint density at radius 2 is 1.38 bits per heavy atom. The van der Waals surface area contributed by atoms with E-state index in [1.807, 2.05) is 36.4 Å². The summed E-state index contributed by atoms with van der Waals surface area (Å²) in [6.45, 7) is 5.03. The number of hydrogen-bond acceptors (Lipinski definition) is 3. The van der Waals surface area contributed by atoms with Crippen molar-refractivity contribution in [2.75, 3.05) is 19.8 Å². The molecule has 0 aliphatic rings. The van der Waals surface area contributed by atoms with Gasteiger partial charge in [0, 0.05) is 11.0 Å². The van der Waals surface area contributed by atoms with Gasteiger partial charge in [0.1, 0.15) is 24.7 Å². The predicted molar refractivity (Wildman–Crippen MR) is 89.0 cm³/mol. The standard InChI is InChI=1S/C17H20BrNO2/c1-2-19-13-14-3-7-16(8-4-14)20-11-12-21-17-9-5-15(18)6-10-17/h3-10,19H,2,11-13H2,1H3. The third kappa shape index (κ3) is 5.78. The summed E-state index contributed by atoms with van der Waals surface area (Å²) < 4.78 is 12.3. The second-order valence-corrected chi connectivity index (χ2v) is 5.49. The van der Waals surface area contributed by atoms with Crippen molar-refractivity contribution in [3.05, 3.63) is 58.6 Å². The average Bonchev–Trinajstić information content (AvgIpc) is 2.52. The highest BCUT2D eigenvalue weighted by molar-refractivity contribution is 9.10. The zero-order valence-corrected chi connectivity index (χ0v) is 13.7. The van der Waals surface area contributed by atoms with Gasteiger partial charge < -0.3 is 14.8 Å². The van der Waals surface area contributed by atoms with E-state index in [0.717, 1.165) is 29.1 Å². The maximum absolute atomic E-state index is 5.66. The molecule has 21 heavy (non-hydrogen) atoms. The van der Waals surface area contributed by atoms with E-state index in [1.165, 1.54) is 5.56 Å². The lowest BCUT2D eigenvalue weighted by molar-refractivity contribution is 0.217. The van der Waals surface area contributed by atoms with Crippen molar-refractivity contribution in [2.24, 2.45) is 0 Å². The van der Waals surface area contributed by atoms with E-state index in [2.05, 4.69) is 40.3 Å². The topological polar surface area (TPSA) is 30.5 Å². The molecule has 0 atom stereocenters. The fourth-order valence-corrected chi connectivity index (χ4v) is 2.09. The van der Waals surface area contributed by atoms with Gasteiger partial charge in [0.15, 0.2) is 0 Å². The van der Waals surface area contributed by atoms with Crippen molar-refractivity contribution < 1.29 is 9.47 Å². The molecule has 4 heteroatoms. The Balaban J connectivity index is 1.69. The van der Waals surface area contributed by atoms with Crippen LogP contribution in [0.1, 0.15) is 12.5 Å². The van der Waals surface area contributed by atoms with Crippen LogP contribution in [-0.2, 0) is 6.54 Å². The van der Waals surface area contributed by atoms with Gasteiger partial charge in [-0.3, -0.25) is 0 Å². The minimum absolute atomic E-state index is 0.529. The lowest BCUT2D eigenvalue weighted by Gasteiger charge is -2.09. The van der Waals surface area contributed by atoms with Crippen LogP contribution in [0.5, 0.6) is 11.5 Å². The summed E-state index contributed by atoms with van der Waals surface area (Å²) in [7, 11) is 0. The van der Waals surface area contributed by atoms with Crippen LogP contribution >= 0.6 is 15.9 Å². The summed E-state index contributed by atoms with van der Waals surface area (Å²) in [5.41, 5.74) is 1.26. The molecule has 0 aromatic heterocycles. The Morgan fingerprint density at radius 1 is 0.857 bits per heavy atom. The second kappa shape index (κ2) is 8.70. The summed E-state index contributed by atoms with van der Waals surface area (Å²) in [6.07, 6.45) is 0. The monoisotopic (exact) mass is 349 g/mol. The molecule has 0 aliphatic carbocycles. The second-order valence-electron chi connectivity index (χ2n) is 4.58. The first-order valence-electron chi connectivity index (χ1n) is 7.09. The summed E-state index contributed by atoms with van der Waals surface area (Å²) in [4.78, 5) is 0. The molecule has 3 nitrogen and oxygen atoms in total. The number of hydrogen-bond donors (Lipinski definition) is 1. The summed E-state index contributed by atoms with van der Waals surface area (Å²) >= 11 is 3.39. The number of halogens is 1. The molecule has 0 heterocycles. The van der Waals surface area contributed by atoms with Crippen molar-refractivity contribution in [1.82, 2.24) is 5.32 Å². The lowest BCUT2D eigenvalue weighted by atomic mass is 10.2. The van der Waals surface area contributed by atoms with Crippen molar-refractivity contribution in [3.8, 4) is 11.5 Å². The summed E-state index contributed by atoms with van der Waals surface area (Å²) in [6, 6.07) is 15.9. The SMILES string of the molecule is CCNCc1ccc(OCCOc2ccc(Br)cc2)cc1. The van der Waals surface area contributed by atoms with Gasteiger partial charge >= 0.3 is 0 Å². The van der Waals surface area contributed by atoms with E-state index >= 15 is 0 Å². The van der Waals surface area contributed by atoms with Crippen LogP contribution < -0.4 is 14.8 Å². The van der Waals surface area contributed by atoms with Gasteiger partial charge in [-0.1, -0.05) is 35.0 Å². The number of benzene rings is 2. The van der Waals surface area contributed by atoms with Crippen LogP contribution in [0.2, 0.25) is 0 Å². The minimum Gasteiger partial charge on any atom is -0.490 e. The van der Waals surface area contributed by atoms with Gasteiger partial charge in [-0.15, -0.1) is 0 Å². The molecule has 1 N–H and O–H groups in total. The molecule has 0 spiro atoms. The van der Waals surface area contributed by atoms with Crippen molar-refractivity contribution in [2.45, 2.75) is 13.5 Å². The van der Waals surface area contributed by atoms with Crippen LogP contribution in [0.25, 0.3) is 0 Å². The summed E-state index contributed by atoms with van der Waals surface area (Å²) in [5.74, 6) is 1.72. The Bertz CT molecular complexity index is 525. The van der Waals surface area contributed by atoms with Gasteiger partial charge in [0.05, 0.1) is 0 Å². The normalized spacial score (nSPS) is 10.4. The van der Waals surface area contributed by atoms with Gasteiger partial charge in [-0.2, -0.15) is 0 Å². The Morgan fingerprint density at radius 3 is 1.90 bits per heavy atom. The van der Waals surface area contributed by atoms with Gasteiger partial charge in [0.2, 0.25) is 0 Å². The first-order chi connectivity index (χ1) is 10.3. The maximum atomic E-state index is 5.66. The first kappa shape index (κ1) is 15.9. The quantitative estimate of drug-likeness (QED) is 0.730. The Hall–Kier alpha value is -1.52. The van der Waals surface area contributed by atoms with Crippen molar-refractivity contribution >= 4 is 15.9 Å². The molecule has 0 aliphatic heterocycles. The highest BCUT2D eigenvalue weighted by atomic mass is 79.9. The number of nitrogens with one attached hydrogen (secondary N) is 1.